The molecule has 3 aromatic heterocycles. The van der Waals surface area contributed by atoms with E-state index in [4.69, 9.17) is 4.42 Å². The molecule has 0 bridgehead atoms. The fourth-order valence-corrected chi connectivity index (χ4v) is 6.12. The van der Waals surface area contributed by atoms with Crippen molar-refractivity contribution in [1.82, 2.24) is 19.1 Å². The average Bonchev–Trinajstić information content (AvgIpc) is 3.61. The molecule has 5 aromatic rings. The minimum atomic E-state index is -3.80. The van der Waals surface area contributed by atoms with Crippen molar-refractivity contribution < 1.29 is 17.6 Å². The van der Waals surface area contributed by atoms with Crippen molar-refractivity contribution in [3.8, 4) is 0 Å². The van der Waals surface area contributed by atoms with Crippen molar-refractivity contribution in [2.75, 3.05) is 0 Å². The van der Waals surface area contributed by atoms with Gasteiger partial charge in [0.2, 0.25) is 10.0 Å². The highest BCUT2D eigenvalue weighted by Crippen LogP contribution is 2.22. The summed E-state index contributed by atoms with van der Waals surface area (Å²) in [6.07, 6.45) is 3.15. The number of hydrogen-bond acceptors (Lipinski definition) is 7. The van der Waals surface area contributed by atoms with Crippen LogP contribution in [0.25, 0.3) is 4.96 Å². The molecule has 0 atom stereocenters. The lowest BCUT2D eigenvalue weighted by atomic mass is 10.2. The van der Waals surface area contributed by atoms with Gasteiger partial charge < -0.3 is 4.42 Å². The predicted octanol–water partition coefficient (Wildman–Crippen LogP) is 4.76. The van der Waals surface area contributed by atoms with Gasteiger partial charge in [0.1, 0.15) is 17.2 Å². The minimum Gasteiger partial charge on any atom is -0.459 e. The number of nitrogens with one attached hydrogen (secondary N) is 1. The van der Waals surface area contributed by atoms with E-state index in [1.165, 1.54) is 21.9 Å². The highest BCUT2D eigenvalue weighted by Gasteiger charge is 2.26. The van der Waals surface area contributed by atoms with Crippen molar-refractivity contribution in [1.29, 1.82) is 0 Å². The maximum absolute atomic E-state index is 13.5. The summed E-state index contributed by atoms with van der Waals surface area (Å²) in [6.45, 7) is 3.88. The molecule has 0 radical (unpaired) electrons. The Bertz CT molecular complexity index is 1700. The largest absolute Gasteiger partial charge is 0.459 e. The van der Waals surface area contributed by atoms with Crippen molar-refractivity contribution in [2.24, 2.45) is 5.10 Å². The molecule has 5 rings (SSSR count). The molecule has 0 saturated heterocycles. The highest BCUT2D eigenvalue weighted by atomic mass is 32.2. The van der Waals surface area contributed by atoms with Gasteiger partial charge in [0.05, 0.1) is 23.3 Å². The molecule has 2 aromatic carbocycles. The van der Waals surface area contributed by atoms with Crippen LogP contribution in [0.15, 0.2) is 92.7 Å². The molecule has 9 nitrogen and oxygen atoms in total. The molecule has 1 N–H and O–H groups in total. The highest BCUT2D eigenvalue weighted by molar-refractivity contribution is 7.89. The SMILES string of the molecule is Cc1ccc(S(=O)(=O)N(Cc2ccccc2)Cc2ccc(C=NNC(=O)c3c(C)nc4sccn34)o2)cc1. The molecule has 0 unspecified atom stereocenters. The fraction of sp³-hybridized carbons (Fsp3) is 0.148. The summed E-state index contributed by atoms with van der Waals surface area (Å²) in [5, 5.41) is 5.86. The Morgan fingerprint density at radius 1 is 1.08 bits per heavy atom. The molecule has 0 spiro atoms. The summed E-state index contributed by atoms with van der Waals surface area (Å²) in [5.74, 6) is 0.420. The number of sulfonamides is 1. The number of hydrogen-bond donors (Lipinski definition) is 1. The number of thiazole rings is 1. The zero-order valence-electron chi connectivity index (χ0n) is 20.7. The summed E-state index contributed by atoms with van der Waals surface area (Å²) in [7, 11) is -3.80. The van der Waals surface area contributed by atoms with Crippen LogP contribution in [0.3, 0.4) is 0 Å². The van der Waals surface area contributed by atoms with E-state index in [-0.39, 0.29) is 18.0 Å². The van der Waals surface area contributed by atoms with Gasteiger partial charge in [-0.05, 0) is 43.7 Å². The molecule has 1 amide bonds. The Balaban J connectivity index is 1.32. The Labute approximate surface area is 224 Å². The van der Waals surface area contributed by atoms with Crippen LogP contribution < -0.4 is 5.43 Å². The van der Waals surface area contributed by atoms with Crippen molar-refractivity contribution in [2.45, 2.75) is 31.8 Å². The lowest BCUT2D eigenvalue weighted by Gasteiger charge is -2.21. The van der Waals surface area contributed by atoms with Crippen LogP contribution in [0.2, 0.25) is 0 Å². The number of rotatable bonds is 9. The Morgan fingerprint density at radius 2 is 1.84 bits per heavy atom. The Kier molecular flexibility index (Phi) is 7.23. The standard InChI is InChI=1S/C27H25N5O4S2/c1-19-8-12-24(13-9-19)38(34,35)31(17-21-6-4-3-5-7-21)18-23-11-10-22(36-23)16-28-30-26(33)25-20(2)29-27-32(25)14-15-37-27/h3-16H,17-18H2,1-2H3,(H,30,33). The maximum Gasteiger partial charge on any atom is 0.290 e. The fourth-order valence-electron chi connectivity index (χ4n) is 3.97. The molecule has 0 aliphatic rings. The van der Waals surface area contributed by atoms with Crippen LogP contribution in [0.4, 0.5) is 0 Å². The van der Waals surface area contributed by atoms with Crippen LogP contribution in [0, 0.1) is 13.8 Å². The first-order chi connectivity index (χ1) is 18.3. The molecule has 38 heavy (non-hydrogen) atoms. The number of nitrogens with zero attached hydrogens (tertiary/aromatic N) is 4. The number of carbonyl (C=O) groups excluding carboxylic acids is 1. The molecule has 0 fully saturated rings. The van der Waals surface area contributed by atoms with E-state index >= 15 is 0 Å². The van der Waals surface area contributed by atoms with Gasteiger partial charge in [-0.2, -0.15) is 9.41 Å². The van der Waals surface area contributed by atoms with E-state index in [1.807, 2.05) is 42.6 Å². The van der Waals surface area contributed by atoms with Crippen molar-refractivity contribution >= 4 is 38.4 Å². The van der Waals surface area contributed by atoms with Gasteiger partial charge >= 0.3 is 0 Å². The van der Waals surface area contributed by atoms with Gasteiger partial charge in [0.25, 0.3) is 5.91 Å². The van der Waals surface area contributed by atoms with Gasteiger partial charge in [0.15, 0.2) is 4.96 Å². The van der Waals surface area contributed by atoms with E-state index in [1.54, 1.807) is 53.9 Å². The third-order valence-electron chi connectivity index (χ3n) is 5.88. The third-order valence-corrected chi connectivity index (χ3v) is 8.45. The summed E-state index contributed by atoms with van der Waals surface area (Å²) in [6, 6.07) is 19.5. The van der Waals surface area contributed by atoms with Crippen molar-refractivity contribution in [3.05, 3.63) is 112 Å². The first-order valence-corrected chi connectivity index (χ1v) is 14.1. The van der Waals surface area contributed by atoms with E-state index in [9.17, 15) is 13.2 Å². The van der Waals surface area contributed by atoms with Crippen LogP contribution in [-0.4, -0.2) is 34.2 Å². The molecule has 0 saturated carbocycles. The first-order valence-electron chi connectivity index (χ1n) is 11.8. The normalized spacial score (nSPS) is 12.1. The molecule has 3 heterocycles. The number of furan rings is 1. The summed E-state index contributed by atoms with van der Waals surface area (Å²) in [4.78, 5) is 17.9. The molecule has 194 valence electrons. The number of carbonyl (C=O) groups is 1. The Hall–Kier alpha value is -4.06. The predicted molar refractivity (Wildman–Crippen MR) is 146 cm³/mol. The zero-order valence-corrected chi connectivity index (χ0v) is 22.4. The smallest absolute Gasteiger partial charge is 0.290 e. The first kappa shape index (κ1) is 25.6. The number of amides is 1. The molecule has 0 aliphatic heterocycles. The Morgan fingerprint density at radius 3 is 2.61 bits per heavy atom. The third kappa shape index (κ3) is 5.44. The van der Waals surface area contributed by atoms with E-state index in [0.29, 0.717) is 22.9 Å². The van der Waals surface area contributed by atoms with E-state index < -0.39 is 15.9 Å². The summed E-state index contributed by atoms with van der Waals surface area (Å²) < 4.78 is 36.0. The van der Waals surface area contributed by atoms with E-state index in [0.717, 1.165) is 16.1 Å². The lowest BCUT2D eigenvalue weighted by Crippen LogP contribution is -2.30. The van der Waals surface area contributed by atoms with Gasteiger partial charge in [0, 0.05) is 18.1 Å². The number of aromatic nitrogens is 2. The summed E-state index contributed by atoms with van der Waals surface area (Å²) in [5.41, 5.74) is 5.35. The number of hydrazone groups is 1. The molecular weight excluding hydrogens is 522 g/mol. The number of benzene rings is 2. The maximum atomic E-state index is 13.5. The lowest BCUT2D eigenvalue weighted by molar-refractivity contribution is 0.0948. The average molecular weight is 548 g/mol. The zero-order chi connectivity index (χ0) is 26.7. The van der Waals surface area contributed by atoms with Gasteiger partial charge in [-0.25, -0.2) is 18.8 Å². The summed E-state index contributed by atoms with van der Waals surface area (Å²) >= 11 is 1.44. The quantitative estimate of drug-likeness (QED) is 0.211. The number of imidazole rings is 1. The van der Waals surface area contributed by atoms with Crippen LogP contribution in [0.1, 0.15) is 38.8 Å². The van der Waals surface area contributed by atoms with Gasteiger partial charge in [-0.3, -0.25) is 9.20 Å². The van der Waals surface area contributed by atoms with Crippen molar-refractivity contribution in [3.63, 3.8) is 0 Å². The van der Waals surface area contributed by atoms with Gasteiger partial charge in [-0.1, -0.05) is 48.0 Å². The topological polar surface area (TPSA) is 109 Å². The molecule has 0 aliphatic carbocycles. The van der Waals surface area contributed by atoms with Crippen LogP contribution in [-0.2, 0) is 23.1 Å². The van der Waals surface area contributed by atoms with Crippen LogP contribution in [0.5, 0.6) is 0 Å². The molecule has 11 heteroatoms. The minimum absolute atomic E-state index is 0.0243. The van der Waals surface area contributed by atoms with Crippen LogP contribution >= 0.6 is 11.3 Å². The monoisotopic (exact) mass is 547 g/mol. The van der Waals surface area contributed by atoms with E-state index in [2.05, 4.69) is 15.5 Å². The second kappa shape index (κ2) is 10.7. The second-order valence-corrected chi connectivity index (χ2v) is 11.5. The van der Waals surface area contributed by atoms with Gasteiger partial charge in [-0.15, -0.1) is 11.3 Å². The number of aryl methyl sites for hydroxylation is 2. The molecular formula is C27H25N5O4S2. The second-order valence-electron chi connectivity index (χ2n) is 8.68. The number of fused-ring (bicyclic) bond motifs is 1.